The third-order valence-corrected chi connectivity index (χ3v) is 4.35. The molecule has 0 spiro atoms. The number of dihydropyridines is 1. The van der Waals surface area contributed by atoms with Gasteiger partial charge in [0.1, 0.15) is 0 Å². The van der Waals surface area contributed by atoms with Crippen molar-refractivity contribution in [2.24, 2.45) is 0 Å². The first-order valence-corrected chi connectivity index (χ1v) is 7.95. The Kier molecular flexibility index (Phi) is 4.40. The van der Waals surface area contributed by atoms with Crippen LogP contribution in [0.4, 0.5) is 0 Å². The zero-order valence-electron chi connectivity index (χ0n) is 13.4. The van der Waals surface area contributed by atoms with Crippen molar-refractivity contribution in [2.75, 3.05) is 0 Å². The SMILES string of the molecule is CC1=C(C(=O)O)C(c2cccc(Cl)c2)C(c2ccccn2)=C(C)N1. The minimum atomic E-state index is -0.953. The Hall–Kier alpha value is -2.59. The quantitative estimate of drug-likeness (QED) is 0.878. The third kappa shape index (κ3) is 2.93. The van der Waals surface area contributed by atoms with Gasteiger partial charge in [-0.25, -0.2) is 4.79 Å². The van der Waals surface area contributed by atoms with Crippen molar-refractivity contribution in [1.82, 2.24) is 10.3 Å². The van der Waals surface area contributed by atoms with Crippen molar-refractivity contribution in [2.45, 2.75) is 19.8 Å². The average molecular weight is 341 g/mol. The van der Waals surface area contributed by atoms with Crippen molar-refractivity contribution in [3.8, 4) is 0 Å². The minimum Gasteiger partial charge on any atom is -0.478 e. The molecule has 0 amide bonds. The summed E-state index contributed by atoms with van der Waals surface area (Å²) in [5.74, 6) is -1.39. The molecule has 1 aliphatic heterocycles. The van der Waals surface area contributed by atoms with Crippen LogP contribution in [-0.2, 0) is 4.79 Å². The fourth-order valence-electron chi connectivity index (χ4n) is 3.16. The Morgan fingerprint density at radius 3 is 2.58 bits per heavy atom. The molecule has 1 aromatic carbocycles. The number of benzene rings is 1. The largest absolute Gasteiger partial charge is 0.478 e. The fourth-order valence-corrected chi connectivity index (χ4v) is 3.36. The van der Waals surface area contributed by atoms with E-state index in [1.54, 1.807) is 19.2 Å². The molecule has 122 valence electrons. The Balaban J connectivity index is 2.25. The second-order valence-electron chi connectivity index (χ2n) is 5.71. The van der Waals surface area contributed by atoms with Gasteiger partial charge in [0.25, 0.3) is 0 Å². The molecule has 1 unspecified atom stereocenters. The van der Waals surface area contributed by atoms with Crippen LogP contribution < -0.4 is 5.32 Å². The van der Waals surface area contributed by atoms with Crippen molar-refractivity contribution in [1.29, 1.82) is 0 Å². The Morgan fingerprint density at radius 2 is 1.96 bits per heavy atom. The Bertz CT molecular complexity index is 857. The van der Waals surface area contributed by atoms with Crippen LogP contribution in [0.15, 0.2) is 65.6 Å². The lowest BCUT2D eigenvalue weighted by molar-refractivity contribution is -0.132. The molecule has 1 aliphatic rings. The summed E-state index contributed by atoms with van der Waals surface area (Å²) < 4.78 is 0. The summed E-state index contributed by atoms with van der Waals surface area (Å²) in [7, 11) is 0. The van der Waals surface area contributed by atoms with E-state index in [-0.39, 0.29) is 0 Å². The summed E-state index contributed by atoms with van der Waals surface area (Å²) in [5.41, 5.74) is 4.26. The molecule has 0 bridgehead atoms. The predicted molar refractivity (Wildman–Crippen MR) is 94.5 cm³/mol. The number of carboxylic acid groups (broad SMARTS) is 1. The highest BCUT2D eigenvalue weighted by molar-refractivity contribution is 6.30. The lowest BCUT2D eigenvalue weighted by atomic mass is 9.79. The van der Waals surface area contributed by atoms with Gasteiger partial charge in [0.15, 0.2) is 0 Å². The molecule has 4 nitrogen and oxygen atoms in total. The number of nitrogens with zero attached hydrogens (tertiary/aromatic N) is 1. The normalized spacial score (nSPS) is 17.7. The highest BCUT2D eigenvalue weighted by Crippen LogP contribution is 2.43. The smallest absolute Gasteiger partial charge is 0.334 e. The van der Waals surface area contributed by atoms with Gasteiger partial charge in [0.2, 0.25) is 0 Å². The zero-order valence-corrected chi connectivity index (χ0v) is 14.1. The number of hydrogen-bond acceptors (Lipinski definition) is 3. The summed E-state index contributed by atoms with van der Waals surface area (Å²) in [6.07, 6.45) is 1.70. The van der Waals surface area contributed by atoms with E-state index >= 15 is 0 Å². The molecule has 5 heteroatoms. The molecule has 0 fully saturated rings. The predicted octanol–water partition coefficient (Wildman–Crippen LogP) is 4.21. The number of aliphatic carboxylic acids is 1. The van der Waals surface area contributed by atoms with E-state index in [0.29, 0.717) is 16.3 Å². The number of carbonyl (C=O) groups is 1. The molecule has 2 heterocycles. The van der Waals surface area contributed by atoms with E-state index in [1.165, 1.54) is 0 Å². The Labute approximate surface area is 145 Å². The number of carboxylic acids is 1. The average Bonchev–Trinajstić information content (AvgIpc) is 2.54. The highest BCUT2D eigenvalue weighted by atomic mass is 35.5. The summed E-state index contributed by atoms with van der Waals surface area (Å²) in [4.78, 5) is 16.4. The molecule has 1 aromatic heterocycles. The number of halogens is 1. The number of pyridine rings is 1. The van der Waals surface area contributed by atoms with Gasteiger partial charge in [-0.1, -0.05) is 29.8 Å². The molecular formula is C19H17ClN2O2. The van der Waals surface area contributed by atoms with Gasteiger partial charge in [-0.05, 0) is 43.7 Å². The van der Waals surface area contributed by atoms with Crippen LogP contribution in [-0.4, -0.2) is 16.1 Å². The summed E-state index contributed by atoms with van der Waals surface area (Å²) >= 11 is 6.15. The summed E-state index contributed by atoms with van der Waals surface area (Å²) in [6, 6.07) is 12.9. The first kappa shape index (κ1) is 16.3. The van der Waals surface area contributed by atoms with E-state index in [1.807, 2.05) is 43.3 Å². The maximum absolute atomic E-state index is 11.9. The molecule has 2 aromatic rings. The third-order valence-electron chi connectivity index (χ3n) is 4.11. The molecule has 2 N–H and O–H groups in total. The van der Waals surface area contributed by atoms with E-state index < -0.39 is 11.9 Å². The van der Waals surface area contributed by atoms with Crippen LogP contribution in [0.1, 0.15) is 31.0 Å². The molecule has 0 radical (unpaired) electrons. The number of rotatable bonds is 3. The molecule has 24 heavy (non-hydrogen) atoms. The number of hydrogen-bond donors (Lipinski definition) is 2. The lowest BCUT2D eigenvalue weighted by Gasteiger charge is -2.30. The van der Waals surface area contributed by atoms with Gasteiger partial charge in [0.05, 0.1) is 11.3 Å². The highest BCUT2D eigenvalue weighted by Gasteiger charge is 2.34. The summed E-state index contributed by atoms with van der Waals surface area (Å²) in [5, 5.41) is 13.5. The van der Waals surface area contributed by atoms with Crippen molar-refractivity contribution >= 4 is 23.1 Å². The lowest BCUT2D eigenvalue weighted by Crippen LogP contribution is -2.27. The van der Waals surface area contributed by atoms with Crippen LogP contribution in [0.2, 0.25) is 5.02 Å². The van der Waals surface area contributed by atoms with Crippen LogP contribution in [0, 0.1) is 0 Å². The van der Waals surface area contributed by atoms with Crippen molar-refractivity contribution in [3.63, 3.8) is 0 Å². The topological polar surface area (TPSA) is 62.2 Å². The van der Waals surface area contributed by atoms with Crippen LogP contribution in [0.3, 0.4) is 0 Å². The van der Waals surface area contributed by atoms with Crippen LogP contribution >= 0.6 is 11.6 Å². The second-order valence-corrected chi connectivity index (χ2v) is 6.15. The number of aromatic nitrogens is 1. The van der Waals surface area contributed by atoms with E-state index in [9.17, 15) is 9.90 Å². The molecule has 1 atom stereocenters. The van der Waals surface area contributed by atoms with E-state index in [0.717, 1.165) is 22.5 Å². The second kappa shape index (κ2) is 6.49. The standard InChI is InChI=1S/C19H17ClN2O2/c1-11-16(15-8-3-4-9-21-15)18(13-6-5-7-14(20)10-13)17(19(23)24)12(2)22-11/h3-10,18,22H,1-2H3,(H,23,24). The number of nitrogens with one attached hydrogen (secondary N) is 1. The molecular weight excluding hydrogens is 324 g/mol. The van der Waals surface area contributed by atoms with Gasteiger partial charge < -0.3 is 10.4 Å². The fraction of sp³-hybridized carbons (Fsp3) is 0.158. The summed E-state index contributed by atoms with van der Waals surface area (Å²) in [6.45, 7) is 3.71. The van der Waals surface area contributed by atoms with Gasteiger partial charge in [-0.3, -0.25) is 4.98 Å². The van der Waals surface area contributed by atoms with Gasteiger partial charge >= 0.3 is 5.97 Å². The van der Waals surface area contributed by atoms with Gasteiger partial charge in [-0.2, -0.15) is 0 Å². The van der Waals surface area contributed by atoms with Gasteiger partial charge in [-0.15, -0.1) is 0 Å². The minimum absolute atomic E-state index is 0.309. The molecule has 0 saturated carbocycles. The van der Waals surface area contributed by atoms with Crippen LogP contribution in [0.5, 0.6) is 0 Å². The molecule has 0 aliphatic carbocycles. The maximum atomic E-state index is 11.9. The zero-order chi connectivity index (χ0) is 17.3. The van der Waals surface area contributed by atoms with Gasteiger partial charge in [0, 0.05) is 34.1 Å². The molecule has 3 rings (SSSR count). The number of allylic oxidation sites excluding steroid dienone is 3. The van der Waals surface area contributed by atoms with E-state index in [4.69, 9.17) is 11.6 Å². The maximum Gasteiger partial charge on any atom is 0.334 e. The van der Waals surface area contributed by atoms with E-state index in [2.05, 4.69) is 10.3 Å². The first-order chi connectivity index (χ1) is 11.5. The van der Waals surface area contributed by atoms with Crippen molar-refractivity contribution < 1.29 is 9.90 Å². The monoisotopic (exact) mass is 340 g/mol. The first-order valence-electron chi connectivity index (χ1n) is 7.57. The van der Waals surface area contributed by atoms with Crippen molar-refractivity contribution in [3.05, 3.63) is 81.9 Å². The Morgan fingerprint density at radius 1 is 1.17 bits per heavy atom. The van der Waals surface area contributed by atoms with Crippen LogP contribution in [0.25, 0.3) is 5.57 Å². The molecule has 0 saturated heterocycles.